The molecular weight excluding hydrogens is 969 g/mol. The molecule has 7 aromatic carbocycles. The van der Waals surface area contributed by atoms with Crippen LogP contribution in [0.4, 0.5) is 22.7 Å². The number of rotatable bonds is 14. The minimum atomic E-state index is -0.212. The van der Waals surface area contributed by atoms with E-state index in [-0.39, 0.29) is 21.7 Å². The van der Waals surface area contributed by atoms with Crippen LogP contribution in [-0.4, -0.2) is 33.7 Å². The van der Waals surface area contributed by atoms with Crippen molar-refractivity contribution >= 4 is 55.7 Å². The highest BCUT2D eigenvalue weighted by molar-refractivity contribution is 6.09. The Labute approximate surface area is 478 Å². The largest absolute Gasteiger partial charge is 0.344 e. The third-order valence-corrected chi connectivity index (χ3v) is 20.1. The Morgan fingerprint density at radius 3 is 1.24 bits per heavy atom. The third-order valence-electron chi connectivity index (χ3n) is 20.1. The number of para-hydroxylation sites is 2. The summed E-state index contributed by atoms with van der Waals surface area (Å²) in [7, 11) is 0. The number of benzene rings is 7. The van der Waals surface area contributed by atoms with Crippen LogP contribution in [0.15, 0.2) is 193 Å². The van der Waals surface area contributed by atoms with Crippen molar-refractivity contribution in [3.05, 3.63) is 227 Å². The van der Waals surface area contributed by atoms with Crippen molar-refractivity contribution < 1.29 is 9.15 Å². The summed E-state index contributed by atoms with van der Waals surface area (Å²) in [4.78, 5) is 5.39. The number of nitrogens with zero attached hydrogens (tertiary/aromatic N) is 4. The molecule has 2 aliphatic carbocycles. The van der Waals surface area contributed by atoms with Crippen LogP contribution in [0.5, 0.6) is 0 Å². The average molecular weight is 1050 g/mol. The molecule has 7 aromatic rings. The number of hydrogen-bond donors (Lipinski definition) is 0. The van der Waals surface area contributed by atoms with Gasteiger partial charge in [0.25, 0.3) is 0 Å². The van der Waals surface area contributed by atoms with E-state index in [1.165, 1.54) is 179 Å². The predicted octanol–water partition coefficient (Wildman–Crippen LogP) is 19.1. The van der Waals surface area contributed by atoms with Crippen LogP contribution in [0.2, 0.25) is 0 Å². The van der Waals surface area contributed by atoms with Crippen LogP contribution in [0.25, 0.3) is 21.5 Å². The van der Waals surface area contributed by atoms with Crippen LogP contribution in [0.1, 0.15) is 165 Å². The van der Waals surface area contributed by atoms with Gasteiger partial charge in [-0.25, -0.2) is 0 Å². The number of allylic oxidation sites excluding steroid dienone is 8. The molecule has 2 fully saturated rings. The fourth-order valence-electron chi connectivity index (χ4n) is 16.2. The molecule has 4 nitrogen and oxygen atoms in total. The highest BCUT2D eigenvalue weighted by Gasteiger charge is 2.50. The number of fused-ring (bicyclic) bond motifs is 10. The van der Waals surface area contributed by atoms with E-state index in [1.807, 2.05) is 0 Å². The van der Waals surface area contributed by atoms with Gasteiger partial charge in [-0.2, -0.15) is 9.15 Å². The van der Waals surface area contributed by atoms with E-state index in [9.17, 15) is 0 Å². The van der Waals surface area contributed by atoms with Gasteiger partial charge in [0.1, 0.15) is 0 Å². The van der Waals surface area contributed by atoms with E-state index >= 15 is 0 Å². The second kappa shape index (κ2) is 21.1. The lowest BCUT2D eigenvalue weighted by molar-refractivity contribution is -0.455. The third kappa shape index (κ3) is 8.60. The Kier molecular flexibility index (Phi) is 13.8. The van der Waals surface area contributed by atoms with Gasteiger partial charge in [-0.1, -0.05) is 187 Å². The zero-order chi connectivity index (χ0) is 54.6. The molecule has 4 aliphatic heterocycles. The van der Waals surface area contributed by atoms with Gasteiger partial charge in [-0.3, -0.25) is 0 Å². The lowest BCUT2D eigenvalue weighted by Gasteiger charge is -2.37. The quantitative estimate of drug-likeness (QED) is 0.101. The van der Waals surface area contributed by atoms with Crippen molar-refractivity contribution in [2.45, 2.75) is 166 Å². The van der Waals surface area contributed by atoms with Gasteiger partial charge in [0.05, 0.1) is 10.8 Å². The topological polar surface area (TPSA) is 12.5 Å². The summed E-state index contributed by atoms with van der Waals surface area (Å²) in [6.07, 6.45) is 32.4. The molecule has 80 heavy (non-hydrogen) atoms. The fourth-order valence-corrected chi connectivity index (χ4v) is 16.2. The Balaban J connectivity index is 0.869. The molecule has 2 saturated carbocycles. The van der Waals surface area contributed by atoms with E-state index in [0.29, 0.717) is 0 Å². The van der Waals surface area contributed by atoms with E-state index in [2.05, 4.69) is 243 Å². The summed E-state index contributed by atoms with van der Waals surface area (Å²) in [6, 6.07) is 55.8. The van der Waals surface area contributed by atoms with Gasteiger partial charge in [0.15, 0.2) is 24.5 Å². The molecule has 4 heteroatoms. The Morgan fingerprint density at radius 2 is 0.825 bits per heavy atom. The second-order valence-corrected chi connectivity index (χ2v) is 25.5. The molecule has 13 rings (SSSR count). The normalized spacial score (nSPS) is 20.5. The van der Waals surface area contributed by atoms with Gasteiger partial charge in [0, 0.05) is 93.2 Å². The molecule has 4 heterocycles. The number of hydrogen-bond acceptors (Lipinski definition) is 2. The zero-order valence-electron chi connectivity index (χ0n) is 48.8. The molecule has 406 valence electrons. The summed E-state index contributed by atoms with van der Waals surface area (Å²) in [5, 5.41) is 5.31. The zero-order valence-corrected chi connectivity index (χ0v) is 48.8. The molecule has 0 radical (unpaired) electrons. The lowest BCUT2D eigenvalue weighted by atomic mass is 9.68. The second-order valence-electron chi connectivity index (χ2n) is 25.5. The minimum absolute atomic E-state index is 0.0902. The first-order valence-electron chi connectivity index (χ1n) is 31.0. The van der Waals surface area contributed by atoms with Crippen LogP contribution in [0, 0.1) is 0 Å². The summed E-state index contributed by atoms with van der Waals surface area (Å²) in [5.74, 6) is 0. The molecule has 6 aliphatic rings. The van der Waals surface area contributed by atoms with E-state index in [1.54, 1.807) is 11.1 Å². The van der Waals surface area contributed by atoms with Crippen molar-refractivity contribution in [1.29, 1.82) is 0 Å². The van der Waals surface area contributed by atoms with Gasteiger partial charge in [-0.15, -0.1) is 0 Å². The smallest absolute Gasteiger partial charge is 0.210 e. The van der Waals surface area contributed by atoms with E-state index < -0.39 is 0 Å². The van der Waals surface area contributed by atoms with Crippen molar-refractivity contribution in [3.8, 4) is 0 Å². The van der Waals surface area contributed by atoms with Crippen molar-refractivity contribution in [1.82, 2.24) is 0 Å². The Bertz CT molecular complexity index is 3460. The first-order chi connectivity index (χ1) is 39.1. The minimum Gasteiger partial charge on any atom is -0.344 e. The fraction of sp³-hybridized carbons (Fsp3) is 0.368. The molecule has 0 atom stereocenters. The molecule has 0 amide bonds. The standard InChI is InChI=1S/C76H84N4/c1-7-9-51-77-63-33-19-17-31-61(63)75(47-21-11-22-48-75)69(77)37-25-35-67-73(3,4)71-59-29-15-13-27-57(59)43-45-65(71)79(67)53-55-39-41-56(42-40-55)54-80-66-46-44-58-28-14-16-30-60(58)72(66)74(5,6)68(80)36-26-38-70-76(49-23-12-24-50-76)62-32-18-20-34-64(62)78(70)52-10-8-2/h13-20,25-46H,7-12,21-24,47-54H2,1-6H3/q+2. The number of unbranched alkanes of at least 4 members (excludes halogenated alkanes) is 2. The van der Waals surface area contributed by atoms with Crippen molar-refractivity contribution in [3.63, 3.8) is 0 Å². The lowest BCUT2D eigenvalue weighted by Crippen LogP contribution is -2.33. The van der Waals surface area contributed by atoms with Gasteiger partial charge in [-0.05, 0) is 135 Å². The predicted molar refractivity (Wildman–Crippen MR) is 339 cm³/mol. The van der Waals surface area contributed by atoms with Crippen molar-refractivity contribution in [2.75, 3.05) is 22.9 Å². The Hall–Kier alpha value is -7.04. The molecule has 2 spiro atoms. The summed E-state index contributed by atoms with van der Waals surface area (Å²) < 4.78 is 5.28. The summed E-state index contributed by atoms with van der Waals surface area (Å²) in [5.41, 5.74) is 19.6. The molecule has 0 bridgehead atoms. The highest BCUT2D eigenvalue weighted by atomic mass is 15.2. The highest BCUT2D eigenvalue weighted by Crippen LogP contribution is 2.57. The SMILES string of the molecule is CCCCN1C(=CC=CC2=[N+](Cc3ccc(C[N+]4=C(C=CC=C5N(CCCC)c6ccccc6C56CCCCC6)C(C)(C)c5c4ccc4ccccc54)cc3)c3ccc4ccccc4c3C2(C)C)C2(CCCCC2)c2ccccc21. The first-order valence-corrected chi connectivity index (χ1v) is 31.0. The summed E-state index contributed by atoms with van der Waals surface area (Å²) in [6.45, 7) is 18.2. The monoisotopic (exact) mass is 1050 g/mol. The van der Waals surface area contributed by atoms with Gasteiger partial charge >= 0.3 is 0 Å². The first kappa shape index (κ1) is 52.3. The molecular formula is C76H84N4+2. The molecule has 0 N–H and O–H groups in total. The van der Waals surface area contributed by atoms with Crippen LogP contribution < -0.4 is 9.80 Å². The molecule has 0 unspecified atom stereocenters. The molecule has 0 aromatic heterocycles. The van der Waals surface area contributed by atoms with Crippen LogP contribution >= 0.6 is 0 Å². The number of anilines is 2. The maximum Gasteiger partial charge on any atom is 0.210 e. The Morgan fingerprint density at radius 1 is 0.438 bits per heavy atom. The van der Waals surface area contributed by atoms with Crippen molar-refractivity contribution in [2.24, 2.45) is 0 Å². The van der Waals surface area contributed by atoms with E-state index in [4.69, 9.17) is 0 Å². The van der Waals surface area contributed by atoms with Crippen LogP contribution in [0.3, 0.4) is 0 Å². The maximum atomic E-state index is 2.70. The van der Waals surface area contributed by atoms with Gasteiger partial charge < -0.3 is 9.80 Å². The average Bonchev–Trinajstić information content (AvgIpc) is 4.25. The maximum absolute atomic E-state index is 2.70. The van der Waals surface area contributed by atoms with Crippen LogP contribution in [-0.2, 0) is 34.7 Å². The van der Waals surface area contributed by atoms with Gasteiger partial charge in [0.2, 0.25) is 11.4 Å². The molecule has 0 saturated heterocycles. The van der Waals surface area contributed by atoms with E-state index in [0.717, 1.165) is 26.2 Å². The summed E-state index contributed by atoms with van der Waals surface area (Å²) >= 11 is 0.